The molecule has 7 nitrogen and oxygen atoms in total. The molecule has 0 spiro atoms. The van der Waals surface area contributed by atoms with Crippen LogP contribution in [0.2, 0.25) is 0 Å². The maximum absolute atomic E-state index is 10.6. The number of β-amino-alcohol motifs (C(OH)–C–C–N with tert-alkyl or cyclic N) is 1. The van der Waals surface area contributed by atoms with Crippen molar-refractivity contribution in [1.82, 2.24) is 19.4 Å². The third-order valence-corrected chi connectivity index (χ3v) is 5.77. The van der Waals surface area contributed by atoms with Gasteiger partial charge >= 0.3 is 0 Å². The summed E-state index contributed by atoms with van der Waals surface area (Å²) < 4.78 is 13.7. The molecule has 28 heavy (non-hydrogen) atoms. The van der Waals surface area contributed by atoms with Gasteiger partial charge in [0.15, 0.2) is 11.5 Å². The van der Waals surface area contributed by atoms with Crippen LogP contribution in [0.1, 0.15) is 18.4 Å². The van der Waals surface area contributed by atoms with Gasteiger partial charge in [0, 0.05) is 43.6 Å². The van der Waals surface area contributed by atoms with E-state index >= 15 is 0 Å². The summed E-state index contributed by atoms with van der Waals surface area (Å²) in [5, 5.41) is 10.6. The molecule has 2 saturated heterocycles. The molecular weight excluding hydrogens is 356 g/mol. The molecule has 7 heteroatoms. The Kier molecular flexibility index (Phi) is 6.14. The first kappa shape index (κ1) is 19.2. The third-order valence-electron chi connectivity index (χ3n) is 5.77. The lowest BCUT2D eigenvalue weighted by Crippen LogP contribution is -2.41. The summed E-state index contributed by atoms with van der Waals surface area (Å²) in [6.07, 6.45) is 7.69. The van der Waals surface area contributed by atoms with Crippen molar-refractivity contribution >= 4 is 0 Å². The van der Waals surface area contributed by atoms with Crippen LogP contribution >= 0.6 is 0 Å². The third kappa shape index (κ3) is 4.32. The van der Waals surface area contributed by atoms with Gasteiger partial charge in [-0.3, -0.25) is 9.80 Å². The zero-order valence-corrected chi connectivity index (χ0v) is 16.5. The summed E-state index contributed by atoms with van der Waals surface area (Å²) in [6.45, 7) is 5.84. The van der Waals surface area contributed by atoms with Crippen LogP contribution in [-0.2, 0) is 13.1 Å². The summed E-state index contributed by atoms with van der Waals surface area (Å²) in [4.78, 5) is 8.83. The van der Waals surface area contributed by atoms with Crippen LogP contribution < -0.4 is 9.47 Å². The molecule has 2 aliphatic rings. The highest BCUT2D eigenvalue weighted by molar-refractivity contribution is 5.46. The van der Waals surface area contributed by atoms with Crippen molar-refractivity contribution in [2.24, 2.45) is 0 Å². The van der Waals surface area contributed by atoms with Gasteiger partial charge in [-0.15, -0.1) is 0 Å². The second-order valence-electron chi connectivity index (χ2n) is 7.67. The van der Waals surface area contributed by atoms with Gasteiger partial charge in [-0.1, -0.05) is 12.1 Å². The Hall–Kier alpha value is -2.09. The Morgan fingerprint density at radius 1 is 1.21 bits per heavy atom. The van der Waals surface area contributed by atoms with E-state index in [1.807, 2.05) is 22.9 Å². The number of rotatable bonds is 8. The summed E-state index contributed by atoms with van der Waals surface area (Å²) in [6, 6.07) is 6.27. The largest absolute Gasteiger partial charge is 0.493 e. The molecule has 0 bridgehead atoms. The Bertz CT molecular complexity index is 746. The standard InChI is InChI=1S/C21H30N4O3/c1-27-20-6-4-5-17(21(20)28-12-11-23-10-7-22-16-23)13-24-14-18(19(26)15-24)25-8-2-3-9-25/h4-7,10,16,18-19,26H,2-3,8-9,11-15H2,1H3/t18-,19-/m0/s1. The van der Waals surface area contributed by atoms with Crippen LogP contribution in [0, 0.1) is 0 Å². The minimum absolute atomic E-state index is 0.249. The van der Waals surface area contributed by atoms with Crippen molar-refractivity contribution in [3.05, 3.63) is 42.5 Å². The second-order valence-corrected chi connectivity index (χ2v) is 7.67. The van der Waals surface area contributed by atoms with E-state index in [0.29, 0.717) is 13.2 Å². The van der Waals surface area contributed by atoms with E-state index < -0.39 is 0 Å². The number of hydrogen-bond acceptors (Lipinski definition) is 6. The van der Waals surface area contributed by atoms with Gasteiger partial charge in [-0.2, -0.15) is 0 Å². The molecule has 3 heterocycles. The fourth-order valence-electron chi connectivity index (χ4n) is 4.33. The molecule has 4 rings (SSSR count). The molecule has 1 N–H and O–H groups in total. The van der Waals surface area contributed by atoms with Gasteiger partial charge in [0.1, 0.15) is 6.61 Å². The van der Waals surface area contributed by atoms with Gasteiger partial charge in [-0.25, -0.2) is 4.98 Å². The molecule has 2 aliphatic heterocycles. The Morgan fingerprint density at radius 2 is 2.07 bits per heavy atom. The van der Waals surface area contributed by atoms with Crippen molar-refractivity contribution in [3.63, 3.8) is 0 Å². The Balaban J connectivity index is 1.42. The van der Waals surface area contributed by atoms with Gasteiger partial charge < -0.3 is 19.1 Å². The molecular formula is C21H30N4O3. The number of aliphatic hydroxyl groups excluding tert-OH is 1. The Labute approximate surface area is 166 Å². The zero-order valence-electron chi connectivity index (χ0n) is 16.5. The number of benzene rings is 1. The van der Waals surface area contributed by atoms with E-state index in [0.717, 1.165) is 49.8 Å². The van der Waals surface area contributed by atoms with Crippen LogP contribution in [0.15, 0.2) is 36.9 Å². The van der Waals surface area contributed by atoms with Crippen LogP contribution in [-0.4, -0.2) is 76.5 Å². The highest BCUT2D eigenvalue weighted by atomic mass is 16.5. The second kappa shape index (κ2) is 8.94. The smallest absolute Gasteiger partial charge is 0.165 e. The number of ether oxygens (including phenoxy) is 2. The molecule has 0 radical (unpaired) electrons. The van der Waals surface area contributed by atoms with Gasteiger partial charge in [0.05, 0.1) is 26.1 Å². The highest BCUT2D eigenvalue weighted by Crippen LogP contribution is 2.33. The fraction of sp³-hybridized carbons (Fsp3) is 0.571. The molecule has 1 aromatic heterocycles. The lowest BCUT2D eigenvalue weighted by atomic mass is 10.1. The van der Waals surface area contributed by atoms with Crippen LogP contribution in [0.3, 0.4) is 0 Å². The number of aromatic nitrogens is 2. The quantitative estimate of drug-likeness (QED) is 0.744. The van der Waals surface area contributed by atoms with Crippen LogP contribution in [0.4, 0.5) is 0 Å². The first-order chi connectivity index (χ1) is 13.7. The number of para-hydroxylation sites is 1. The molecule has 0 unspecified atom stereocenters. The summed E-state index contributed by atoms with van der Waals surface area (Å²) in [7, 11) is 1.67. The molecule has 152 valence electrons. The van der Waals surface area contributed by atoms with E-state index in [9.17, 15) is 5.11 Å². The number of imidazole rings is 1. The van der Waals surface area contributed by atoms with Crippen LogP contribution in [0.25, 0.3) is 0 Å². The molecule has 2 aromatic rings. The number of methoxy groups -OCH3 is 1. The topological polar surface area (TPSA) is 63.0 Å². The lowest BCUT2D eigenvalue weighted by Gasteiger charge is -2.25. The normalized spacial score (nSPS) is 23.4. The van der Waals surface area contributed by atoms with E-state index in [2.05, 4.69) is 20.9 Å². The first-order valence-corrected chi connectivity index (χ1v) is 10.1. The molecule has 0 aliphatic carbocycles. The fourth-order valence-corrected chi connectivity index (χ4v) is 4.33. The van der Waals surface area contributed by atoms with Crippen molar-refractivity contribution in [3.8, 4) is 11.5 Å². The predicted molar refractivity (Wildman–Crippen MR) is 107 cm³/mol. The zero-order chi connectivity index (χ0) is 19.3. The number of nitrogens with zero attached hydrogens (tertiary/aromatic N) is 4. The predicted octanol–water partition coefficient (Wildman–Crippen LogP) is 1.61. The maximum Gasteiger partial charge on any atom is 0.165 e. The summed E-state index contributed by atoms with van der Waals surface area (Å²) >= 11 is 0. The minimum atomic E-state index is -0.283. The van der Waals surface area contributed by atoms with E-state index in [-0.39, 0.29) is 12.1 Å². The number of likely N-dealkylation sites (tertiary alicyclic amines) is 2. The average molecular weight is 386 g/mol. The lowest BCUT2D eigenvalue weighted by molar-refractivity contribution is 0.0978. The molecule has 2 atom stereocenters. The maximum atomic E-state index is 10.6. The molecule has 2 fully saturated rings. The molecule has 0 saturated carbocycles. The summed E-state index contributed by atoms with van der Waals surface area (Å²) in [5.74, 6) is 1.54. The van der Waals surface area contributed by atoms with Crippen molar-refractivity contribution in [2.45, 2.75) is 38.1 Å². The van der Waals surface area contributed by atoms with E-state index in [1.54, 1.807) is 19.6 Å². The van der Waals surface area contributed by atoms with Crippen molar-refractivity contribution in [2.75, 3.05) is 39.9 Å². The molecule has 1 aromatic carbocycles. The SMILES string of the molecule is COc1cccc(CN2C[C@H](O)[C@@H](N3CCCC3)C2)c1OCCn1ccnc1. The van der Waals surface area contributed by atoms with Gasteiger partial charge in [0.2, 0.25) is 0 Å². The van der Waals surface area contributed by atoms with Gasteiger partial charge in [0.25, 0.3) is 0 Å². The monoisotopic (exact) mass is 386 g/mol. The number of hydrogen-bond donors (Lipinski definition) is 1. The van der Waals surface area contributed by atoms with E-state index in [4.69, 9.17) is 9.47 Å². The minimum Gasteiger partial charge on any atom is -0.493 e. The van der Waals surface area contributed by atoms with Crippen molar-refractivity contribution in [1.29, 1.82) is 0 Å². The van der Waals surface area contributed by atoms with E-state index in [1.165, 1.54) is 12.8 Å². The average Bonchev–Trinajstić information content (AvgIpc) is 3.45. The molecule has 0 amide bonds. The Morgan fingerprint density at radius 3 is 2.82 bits per heavy atom. The highest BCUT2D eigenvalue weighted by Gasteiger charge is 2.36. The first-order valence-electron chi connectivity index (χ1n) is 10.1. The summed E-state index contributed by atoms with van der Waals surface area (Å²) in [5.41, 5.74) is 1.10. The van der Waals surface area contributed by atoms with Gasteiger partial charge in [-0.05, 0) is 32.0 Å². The number of aliphatic hydroxyl groups is 1. The van der Waals surface area contributed by atoms with Crippen LogP contribution in [0.5, 0.6) is 11.5 Å². The van der Waals surface area contributed by atoms with Crippen molar-refractivity contribution < 1.29 is 14.6 Å².